The number of fused-ring (bicyclic) bond motifs is 5. The Bertz CT molecular complexity index is 4700. The Morgan fingerprint density at radius 1 is 0.236 bits per heavy atom. The average molecular weight is 1150 g/mol. The van der Waals surface area contributed by atoms with E-state index in [2.05, 4.69) is 361 Å². The van der Waals surface area contributed by atoms with E-state index in [-0.39, 0.29) is 0 Å². The van der Waals surface area contributed by atoms with Gasteiger partial charge in [-0.05, 0) is 187 Å². The molecule has 0 atom stereocenters. The highest BCUT2D eigenvalue weighted by atomic mass is 15.2. The molecule has 13 aromatic carbocycles. The fraction of sp³-hybridized carbons (Fsp3) is 0.140. The lowest BCUT2D eigenvalue weighted by molar-refractivity contribution is 0.661. The SMILES string of the molecule is CC(C)c1ccc(N(c2cccc(-c3ccccc3)c2)c2ccc3c(c2)C(C)(C)c2cc4c(N(c5ccc(C(C)C)cc5)c5cccc(-c6ccccc6)c5)c5ccccc5c(N(c5ccc(C(C)C)cc5)c5cccc(-c6ccccc6)c5)c4cc2-3)cc1. The van der Waals surface area contributed by atoms with Crippen molar-refractivity contribution in [2.24, 2.45) is 0 Å². The standard InChI is InChI=1S/C86H75N3/c1-57(2)60-37-43-69(44-38-60)87(72-32-20-29-66(51-72)63-23-12-9-13-24-63)75-49-50-76-79-55-80-81(56-83(79)86(7,8)82(76)54-75)85(89(71-47-41-62(42-48-71)59(5)6)74-34-22-31-68(53-74)65-27-16-11-17-28-65)78-36-19-18-35-77(78)84(80)88(70-45-39-61(40-46-70)58(3)4)73-33-21-30-67(52-73)64-25-14-10-15-26-64/h9-59H,1-8H3. The topological polar surface area (TPSA) is 9.72 Å². The van der Waals surface area contributed by atoms with Crippen LogP contribution in [0.1, 0.15) is 101 Å². The van der Waals surface area contributed by atoms with Crippen molar-refractivity contribution < 1.29 is 0 Å². The Morgan fingerprint density at radius 3 is 0.944 bits per heavy atom. The maximum Gasteiger partial charge on any atom is 0.0620 e. The summed E-state index contributed by atoms with van der Waals surface area (Å²) in [6.07, 6.45) is 0. The smallest absolute Gasteiger partial charge is 0.0620 e. The van der Waals surface area contributed by atoms with Crippen molar-refractivity contribution in [3.63, 3.8) is 0 Å². The summed E-state index contributed by atoms with van der Waals surface area (Å²) in [6, 6.07) is 109. The van der Waals surface area contributed by atoms with Crippen LogP contribution in [0.15, 0.2) is 291 Å². The predicted molar refractivity (Wildman–Crippen MR) is 382 cm³/mol. The van der Waals surface area contributed by atoms with Crippen LogP contribution in [0.25, 0.3) is 66.1 Å². The van der Waals surface area contributed by atoms with Crippen molar-refractivity contribution in [3.8, 4) is 44.5 Å². The van der Waals surface area contributed by atoms with E-state index in [1.165, 1.54) is 66.6 Å². The molecular weight excluding hydrogens is 1070 g/mol. The van der Waals surface area contributed by atoms with Crippen LogP contribution in [-0.2, 0) is 5.41 Å². The molecular formula is C86H75N3. The molecule has 0 N–H and O–H groups in total. The molecule has 0 fully saturated rings. The third-order valence-electron chi connectivity index (χ3n) is 18.5. The van der Waals surface area contributed by atoms with Crippen molar-refractivity contribution in [2.45, 2.75) is 78.6 Å². The highest BCUT2D eigenvalue weighted by Crippen LogP contribution is 2.58. The van der Waals surface area contributed by atoms with Crippen LogP contribution in [0.2, 0.25) is 0 Å². The summed E-state index contributed by atoms with van der Waals surface area (Å²) in [5, 5.41) is 4.64. The van der Waals surface area contributed by atoms with Crippen molar-refractivity contribution >= 4 is 72.7 Å². The molecule has 0 aliphatic heterocycles. The lowest BCUT2D eigenvalue weighted by atomic mass is 9.81. The minimum atomic E-state index is -0.412. The largest absolute Gasteiger partial charge is 0.310 e. The minimum absolute atomic E-state index is 0.379. The van der Waals surface area contributed by atoms with Gasteiger partial charge in [0.1, 0.15) is 0 Å². The third-order valence-corrected chi connectivity index (χ3v) is 18.5. The zero-order valence-corrected chi connectivity index (χ0v) is 52.3. The molecule has 13 aromatic rings. The van der Waals surface area contributed by atoms with Gasteiger partial charge in [-0.1, -0.05) is 250 Å². The molecule has 1 aliphatic rings. The van der Waals surface area contributed by atoms with Gasteiger partial charge in [-0.25, -0.2) is 0 Å². The lowest BCUT2D eigenvalue weighted by Gasteiger charge is -2.34. The van der Waals surface area contributed by atoms with Gasteiger partial charge in [0.2, 0.25) is 0 Å². The number of hydrogen-bond acceptors (Lipinski definition) is 3. The first kappa shape index (κ1) is 56.6. The van der Waals surface area contributed by atoms with E-state index >= 15 is 0 Å². The number of rotatable bonds is 15. The first-order valence-corrected chi connectivity index (χ1v) is 31.7. The number of hydrogen-bond donors (Lipinski definition) is 0. The van der Waals surface area contributed by atoms with Gasteiger partial charge in [-0.3, -0.25) is 0 Å². The summed E-state index contributed by atoms with van der Waals surface area (Å²) < 4.78 is 0. The van der Waals surface area contributed by atoms with Crippen molar-refractivity contribution in [1.82, 2.24) is 0 Å². The second-order valence-corrected chi connectivity index (χ2v) is 25.5. The normalized spacial score (nSPS) is 12.4. The summed E-state index contributed by atoms with van der Waals surface area (Å²) in [5.74, 6) is 1.18. The first-order chi connectivity index (χ1) is 43.4. The molecule has 0 saturated heterocycles. The zero-order chi connectivity index (χ0) is 60.9. The summed E-state index contributed by atoms with van der Waals surface area (Å²) in [5.41, 5.74) is 25.7. The molecule has 434 valence electrons. The zero-order valence-electron chi connectivity index (χ0n) is 52.3. The van der Waals surface area contributed by atoms with E-state index in [1.54, 1.807) is 0 Å². The van der Waals surface area contributed by atoms with Crippen LogP contribution >= 0.6 is 0 Å². The van der Waals surface area contributed by atoms with Crippen LogP contribution in [0.4, 0.5) is 51.2 Å². The molecule has 0 unspecified atom stereocenters. The van der Waals surface area contributed by atoms with Gasteiger partial charge in [0.05, 0.1) is 11.4 Å². The Morgan fingerprint density at radius 2 is 0.551 bits per heavy atom. The van der Waals surface area contributed by atoms with Crippen LogP contribution in [-0.4, -0.2) is 0 Å². The van der Waals surface area contributed by atoms with Crippen LogP contribution < -0.4 is 14.7 Å². The molecule has 89 heavy (non-hydrogen) atoms. The van der Waals surface area contributed by atoms with E-state index in [4.69, 9.17) is 0 Å². The molecule has 3 heteroatoms. The maximum atomic E-state index is 2.58. The Labute approximate surface area is 526 Å². The van der Waals surface area contributed by atoms with Gasteiger partial charge in [0, 0.05) is 66.8 Å². The fourth-order valence-electron chi connectivity index (χ4n) is 13.6. The second kappa shape index (κ2) is 23.5. The summed E-state index contributed by atoms with van der Waals surface area (Å²) in [4.78, 5) is 7.55. The van der Waals surface area contributed by atoms with Crippen LogP contribution in [0, 0.1) is 0 Å². The van der Waals surface area contributed by atoms with Crippen LogP contribution in [0.3, 0.4) is 0 Å². The fourth-order valence-corrected chi connectivity index (χ4v) is 13.6. The van der Waals surface area contributed by atoms with Crippen molar-refractivity contribution in [2.75, 3.05) is 14.7 Å². The van der Waals surface area contributed by atoms with E-state index < -0.39 is 5.41 Å². The molecule has 0 radical (unpaired) electrons. The Kier molecular flexibility index (Phi) is 14.9. The van der Waals surface area contributed by atoms with Gasteiger partial charge in [-0.2, -0.15) is 0 Å². The monoisotopic (exact) mass is 1150 g/mol. The van der Waals surface area contributed by atoms with Gasteiger partial charge < -0.3 is 14.7 Å². The van der Waals surface area contributed by atoms with E-state index in [1.807, 2.05) is 0 Å². The van der Waals surface area contributed by atoms with E-state index in [0.29, 0.717) is 17.8 Å². The summed E-state index contributed by atoms with van der Waals surface area (Å²) in [6.45, 7) is 18.5. The molecule has 3 nitrogen and oxygen atoms in total. The molecule has 0 saturated carbocycles. The lowest BCUT2D eigenvalue weighted by Crippen LogP contribution is -2.17. The predicted octanol–water partition coefficient (Wildman–Crippen LogP) is 25.1. The summed E-state index contributed by atoms with van der Waals surface area (Å²) in [7, 11) is 0. The van der Waals surface area contributed by atoms with Crippen molar-refractivity contribution in [3.05, 3.63) is 319 Å². The first-order valence-electron chi connectivity index (χ1n) is 31.7. The molecule has 1 aliphatic carbocycles. The number of benzene rings is 13. The van der Waals surface area contributed by atoms with Gasteiger partial charge in [0.15, 0.2) is 0 Å². The third kappa shape index (κ3) is 10.5. The molecule has 14 rings (SSSR count). The van der Waals surface area contributed by atoms with Crippen LogP contribution in [0.5, 0.6) is 0 Å². The highest BCUT2D eigenvalue weighted by Gasteiger charge is 2.38. The van der Waals surface area contributed by atoms with Gasteiger partial charge >= 0.3 is 0 Å². The highest BCUT2D eigenvalue weighted by molar-refractivity contribution is 6.24. The van der Waals surface area contributed by atoms with E-state index in [0.717, 1.165) is 78.5 Å². The minimum Gasteiger partial charge on any atom is -0.310 e. The number of nitrogens with zero attached hydrogens (tertiary/aromatic N) is 3. The molecule has 0 heterocycles. The van der Waals surface area contributed by atoms with Gasteiger partial charge in [-0.15, -0.1) is 0 Å². The van der Waals surface area contributed by atoms with Gasteiger partial charge in [0.25, 0.3) is 0 Å². The molecule has 0 spiro atoms. The quantitative estimate of drug-likeness (QED) is 0.0748. The molecule has 0 bridgehead atoms. The van der Waals surface area contributed by atoms with E-state index in [9.17, 15) is 0 Å². The maximum absolute atomic E-state index is 2.58. The number of anilines is 9. The summed E-state index contributed by atoms with van der Waals surface area (Å²) >= 11 is 0. The molecule has 0 aromatic heterocycles. The Balaban J connectivity index is 1.06. The second-order valence-electron chi connectivity index (χ2n) is 25.5. The molecule has 0 amide bonds. The average Bonchev–Trinajstić information content (AvgIpc) is 1.71. The van der Waals surface area contributed by atoms with Crippen molar-refractivity contribution in [1.29, 1.82) is 0 Å². The Hall–Kier alpha value is -10.2.